The normalized spacial score (nSPS) is 18.1. The van der Waals surface area contributed by atoms with E-state index < -0.39 is 0 Å². The Morgan fingerprint density at radius 2 is 1.10 bits per heavy atom. The van der Waals surface area contributed by atoms with Gasteiger partial charge in [0.25, 0.3) is 0 Å². The summed E-state index contributed by atoms with van der Waals surface area (Å²) in [4.78, 5) is 0. The predicted octanol–water partition coefficient (Wildman–Crippen LogP) is 7.70. The molecular formula is C20H41P. The van der Waals surface area contributed by atoms with Gasteiger partial charge in [-0.05, 0) is 31.1 Å². The smallest absolute Gasteiger partial charge is 0.0237 e. The molecule has 0 aromatic carbocycles. The van der Waals surface area contributed by atoms with Crippen LogP contribution in [0.2, 0.25) is 0 Å². The number of rotatable bonds is 12. The summed E-state index contributed by atoms with van der Waals surface area (Å²) in [6.07, 6.45) is 27.0. The van der Waals surface area contributed by atoms with Crippen molar-refractivity contribution in [1.29, 1.82) is 0 Å². The lowest BCUT2D eigenvalue weighted by atomic mass is 10.0. The fourth-order valence-corrected chi connectivity index (χ4v) is 5.26. The molecule has 0 amide bonds. The van der Waals surface area contributed by atoms with E-state index >= 15 is 0 Å². The monoisotopic (exact) mass is 312 g/mol. The van der Waals surface area contributed by atoms with Crippen LogP contribution in [0.4, 0.5) is 0 Å². The first-order valence-corrected chi connectivity index (χ1v) is 11.5. The summed E-state index contributed by atoms with van der Waals surface area (Å²) in [5.41, 5.74) is 1.11. The van der Waals surface area contributed by atoms with Crippen LogP contribution < -0.4 is 0 Å². The third-order valence-corrected chi connectivity index (χ3v) is 6.87. The van der Waals surface area contributed by atoms with Crippen molar-refractivity contribution < 1.29 is 0 Å². The molecule has 1 rings (SSSR count). The molecule has 0 saturated heterocycles. The lowest BCUT2D eigenvalue weighted by molar-refractivity contribution is 0.510. The molecule has 1 fully saturated rings. The van der Waals surface area contributed by atoms with Crippen molar-refractivity contribution in [3.8, 4) is 0 Å². The van der Waals surface area contributed by atoms with Crippen LogP contribution in [0.1, 0.15) is 116 Å². The first-order chi connectivity index (χ1) is 10.4. The zero-order chi connectivity index (χ0) is 15.0. The van der Waals surface area contributed by atoms with Crippen molar-refractivity contribution in [1.82, 2.24) is 0 Å². The van der Waals surface area contributed by atoms with Crippen molar-refractivity contribution in [3.63, 3.8) is 0 Å². The van der Waals surface area contributed by atoms with Gasteiger partial charge < -0.3 is 0 Å². The highest BCUT2D eigenvalue weighted by Crippen LogP contribution is 2.32. The standard InChI is InChI=1S/C20H41P/c1-2-3-4-5-6-7-8-9-13-16-19-21-20-17-14-11-10-12-15-18-20/h20-21H,2-19H2,1H3. The molecule has 0 aliphatic heterocycles. The van der Waals surface area contributed by atoms with Crippen LogP contribution in [0, 0.1) is 0 Å². The Morgan fingerprint density at radius 3 is 1.67 bits per heavy atom. The summed E-state index contributed by atoms with van der Waals surface area (Å²) >= 11 is 0. The number of hydrogen-bond donors (Lipinski definition) is 0. The van der Waals surface area contributed by atoms with Crippen molar-refractivity contribution in [2.45, 2.75) is 122 Å². The molecule has 0 bridgehead atoms. The summed E-state index contributed by atoms with van der Waals surface area (Å²) in [5, 5.41) is 0. The van der Waals surface area contributed by atoms with Crippen molar-refractivity contribution in [3.05, 3.63) is 0 Å². The van der Waals surface area contributed by atoms with Gasteiger partial charge in [0.05, 0.1) is 0 Å². The van der Waals surface area contributed by atoms with Crippen LogP contribution in [0.25, 0.3) is 0 Å². The molecule has 0 radical (unpaired) electrons. The summed E-state index contributed by atoms with van der Waals surface area (Å²) in [5.74, 6) is 0. The van der Waals surface area contributed by atoms with Crippen LogP contribution in [0.15, 0.2) is 0 Å². The maximum Gasteiger partial charge on any atom is -0.0237 e. The van der Waals surface area contributed by atoms with Gasteiger partial charge in [-0.2, -0.15) is 0 Å². The Morgan fingerprint density at radius 1 is 0.619 bits per heavy atom. The van der Waals surface area contributed by atoms with E-state index in [1.807, 2.05) is 0 Å². The van der Waals surface area contributed by atoms with Gasteiger partial charge in [-0.25, -0.2) is 0 Å². The van der Waals surface area contributed by atoms with Crippen LogP contribution >= 0.6 is 8.58 Å². The molecule has 1 unspecified atom stereocenters. The van der Waals surface area contributed by atoms with Crippen LogP contribution in [-0.4, -0.2) is 11.8 Å². The molecule has 0 heterocycles. The topological polar surface area (TPSA) is 0 Å². The SMILES string of the molecule is CCCCCCCCCCCCPC1CCCCCCC1. The van der Waals surface area contributed by atoms with E-state index in [1.165, 1.54) is 105 Å². The van der Waals surface area contributed by atoms with Gasteiger partial charge in [0, 0.05) is 0 Å². The average Bonchev–Trinajstić information content (AvgIpc) is 2.46. The Bertz CT molecular complexity index is 194. The van der Waals surface area contributed by atoms with E-state index in [4.69, 9.17) is 0 Å². The molecule has 1 aliphatic rings. The molecule has 1 aliphatic carbocycles. The third-order valence-electron chi connectivity index (χ3n) is 5.07. The molecule has 0 N–H and O–H groups in total. The second kappa shape index (κ2) is 15.3. The highest BCUT2D eigenvalue weighted by atomic mass is 31.1. The molecule has 0 nitrogen and oxygen atoms in total. The van der Waals surface area contributed by atoms with Gasteiger partial charge in [0.15, 0.2) is 0 Å². The fourth-order valence-electron chi connectivity index (χ4n) is 3.58. The molecule has 126 valence electrons. The van der Waals surface area contributed by atoms with Crippen LogP contribution in [0.3, 0.4) is 0 Å². The van der Waals surface area contributed by atoms with Crippen molar-refractivity contribution in [2.24, 2.45) is 0 Å². The maximum absolute atomic E-state index is 2.30. The molecular weight excluding hydrogens is 271 g/mol. The zero-order valence-corrected chi connectivity index (χ0v) is 15.8. The van der Waals surface area contributed by atoms with Crippen LogP contribution in [-0.2, 0) is 0 Å². The molecule has 21 heavy (non-hydrogen) atoms. The Hall–Kier alpha value is 0.430. The Balaban J connectivity index is 1.79. The van der Waals surface area contributed by atoms with Gasteiger partial charge in [-0.3, -0.25) is 0 Å². The largest absolute Gasteiger partial charge is 0.119 e. The van der Waals surface area contributed by atoms with E-state index in [-0.39, 0.29) is 0 Å². The summed E-state index contributed by atoms with van der Waals surface area (Å²) in [7, 11) is 1.29. The van der Waals surface area contributed by atoms with Gasteiger partial charge in [0.1, 0.15) is 0 Å². The number of unbranched alkanes of at least 4 members (excludes halogenated alkanes) is 9. The minimum absolute atomic E-state index is 1.11. The second-order valence-electron chi connectivity index (χ2n) is 7.18. The molecule has 1 atom stereocenters. The quantitative estimate of drug-likeness (QED) is 0.256. The summed E-state index contributed by atoms with van der Waals surface area (Å²) < 4.78 is 0. The molecule has 0 aromatic rings. The van der Waals surface area contributed by atoms with Gasteiger partial charge in [0.2, 0.25) is 0 Å². The van der Waals surface area contributed by atoms with Crippen LogP contribution in [0.5, 0.6) is 0 Å². The lowest BCUT2D eigenvalue weighted by Gasteiger charge is -2.19. The molecule has 0 aromatic heterocycles. The first kappa shape index (κ1) is 19.5. The highest BCUT2D eigenvalue weighted by molar-refractivity contribution is 7.38. The van der Waals surface area contributed by atoms with Crippen molar-refractivity contribution >= 4 is 8.58 Å². The zero-order valence-electron chi connectivity index (χ0n) is 14.8. The minimum Gasteiger partial charge on any atom is -0.119 e. The van der Waals surface area contributed by atoms with Gasteiger partial charge in [-0.1, -0.05) is 96.8 Å². The van der Waals surface area contributed by atoms with E-state index in [0.29, 0.717) is 0 Å². The molecule has 1 saturated carbocycles. The maximum atomic E-state index is 2.30. The Labute approximate surface area is 137 Å². The second-order valence-corrected chi connectivity index (χ2v) is 8.90. The Kier molecular flexibility index (Phi) is 14.2. The summed E-state index contributed by atoms with van der Waals surface area (Å²) in [6, 6.07) is 0. The lowest BCUT2D eigenvalue weighted by Crippen LogP contribution is -2.04. The number of hydrogen-bond acceptors (Lipinski definition) is 0. The third kappa shape index (κ3) is 12.6. The fraction of sp³-hybridized carbons (Fsp3) is 1.00. The van der Waals surface area contributed by atoms with E-state index in [1.54, 1.807) is 19.0 Å². The van der Waals surface area contributed by atoms with Gasteiger partial charge in [-0.15, -0.1) is 8.58 Å². The van der Waals surface area contributed by atoms with Gasteiger partial charge >= 0.3 is 0 Å². The molecule has 1 heteroatoms. The van der Waals surface area contributed by atoms with E-state index in [0.717, 1.165) is 5.66 Å². The summed E-state index contributed by atoms with van der Waals surface area (Å²) in [6.45, 7) is 2.30. The van der Waals surface area contributed by atoms with Crippen molar-refractivity contribution in [2.75, 3.05) is 6.16 Å². The first-order valence-electron chi connectivity index (χ1n) is 10.2. The van der Waals surface area contributed by atoms with E-state index in [2.05, 4.69) is 6.92 Å². The molecule has 0 spiro atoms. The van der Waals surface area contributed by atoms with E-state index in [9.17, 15) is 0 Å². The highest BCUT2D eigenvalue weighted by Gasteiger charge is 2.10. The predicted molar refractivity (Wildman–Crippen MR) is 101 cm³/mol. The minimum atomic E-state index is 1.11. The average molecular weight is 313 g/mol.